The number of ether oxygens (including phenoxy) is 1. The summed E-state index contributed by atoms with van der Waals surface area (Å²) in [5.74, 6) is 3.09. The van der Waals surface area contributed by atoms with Gasteiger partial charge in [-0.1, -0.05) is 6.92 Å². The largest absolute Gasteiger partial charge is 0.381 e. The maximum atomic E-state index is 5.47. The number of rotatable bonds is 6. The zero-order chi connectivity index (χ0) is 16.1. The standard InChI is InChI=1S/C18H30N4O/c1-3-6-16-20-17(13-18(21-16)22-11-4-5-12-22)19-14-7-9-15(23-2)10-8-14/h13-15H,3-12H2,1-2H3,(H,19,20,21). The molecule has 1 saturated heterocycles. The summed E-state index contributed by atoms with van der Waals surface area (Å²) in [5.41, 5.74) is 0. The first-order valence-corrected chi connectivity index (χ1v) is 9.20. The smallest absolute Gasteiger partial charge is 0.134 e. The summed E-state index contributed by atoms with van der Waals surface area (Å²) < 4.78 is 5.47. The fraction of sp³-hybridized carbons (Fsp3) is 0.778. The zero-order valence-corrected chi connectivity index (χ0v) is 14.6. The van der Waals surface area contributed by atoms with Gasteiger partial charge in [0.1, 0.15) is 17.5 Å². The molecule has 2 heterocycles. The summed E-state index contributed by atoms with van der Waals surface area (Å²) in [6, 6.07) is 2.66. The van der Waals surface area contributed by atoms with Crippen molar-refractivity contribution in [1.29, 1.82) is 0 Å². The Morgan fingerprint density at radius 2 is 1.91 bits per heavy atom. The minimum absolute atomic E-state index is 0.439. The molecule has 3 rings (SSSR count). The minimum Gasteiger partial charge on any atom is -0.381 e. The summed E-state index contributed by atoms with van der Waals surface area (Å²) in [5, 5.41) is 3.65. The van der Waals surface area contributed by atoms with Gasteiger partial charge in [-0.3, -0.25) is 0 Å². The van der Waals surface area contributed by atoms with E-state index in [1.54, 1.807) is 0 Å². The van der Waals surface area contributed by atoms with Gasteiger partial charge in [0.05, 0.1) is 6.10 Å². The SMILES string of the molecule is CCCc1nc(NC2CCC(OC)CC2)cc(N2CCCC2)n1. The average Bonchev–Trinajstić information content (AvgIpc) is 3.10. The van der Waals surface area contributed by atoms with Crippen LogP contribution in [0.4, 0.5) is 11.6 Å². The highest BCUT2D eigenvalue weighted by Crippen LogP contribution is 2.26. The van der Waals surface area contributed by atoms with Crippen molar-refractivity contribution >= 4 is 11.6 Å². The first kappa shape index (κ1) is 16.5. The molecule has 0 radical (unpaired) electrons. The Morgan fingerprint density at radius 1 is 1.17 bits per heavy atom. The van der Waals surface area contributed by atoms with Crippen LogP contribution in [0.15, 0.2) is 6.07 Å². The van der Waals surface area contributed by atoms with Gasteiger partial charge >= 0.3 is 0 Å². The van der Waals surface area contributed by atoms with Gasteiger partial charge in [-0.25, -0.2) is 9.97 Å². The highest BCUT2D eigenvalue weighted by Gasteiger charge is 2.22. The fourth-order valence-corrected chi connectivity index (χ4v) is 3.65. The second-order valence-corrected chi connectivity index (χ2v) is 6.83. The van der Waals surface area contributed by atoms with Crippen molar-refractivity contribution in [2.45, 2.75) is 70.4 Å². The highest BCUT2D eigenvalue weighted by atomic mass is 16.5. The molecule has 0 aromatic carbocycles. The van der Waals surface area contributed by atoms with Crippen LogP contribution in [0.5, 0.6) is 0 Å². The lowest BCUT2D eigenvalue weighted by Crippen LogP contribution is -2.30. The van der Waals surface area contributed by atoms with Crippen LogP contribution in [-0.2, 0) is 11.2 Å². The van der Waals surface area contributed by atoms with E-state index in [1.165, 1.54) is 12.8 Å². The Labute approximate surface area is 139 Å². The molecule has 1 aliphatic carbocycles. The molecular weight excluding hydrogens is 288 g/mol. The molecule has 0 bridgehead atoms. The lowest BCUT2D eigenvalue weighted by molar-refractivity contribution is 0.0681. The van der Waals surface area contributed by atoms with Crippen molar-refractivity contribution in [1.82, 2.24) is 9.97 Å². The third-order valence-corrected chi connectivity index (χ3v) is 5.02. The first-order valence-electron chi connectivity index (χ1n) is 9.20. The maximum Gasteiger partial charge on any atom is 0.134 e. The van der Waals surface area contributed by atoms with Gasteiger partial charge in [0, 0.05) is 38.7 Å². The molecule has 0 spiro atoms. The van der Waals surface area contributed by atoms with Crippen molar-refractivity contribution in [3.63, 3.8) is 0 Å². The van der Waals surface area contributed by atoms with Crippen LogP contribution in [0.1, 0.15) is 57.7 Å². The van der Waals surface area contributed by atoms with Crippen LogP contribution in [-0.4, -0.2) is 42.3 Å². The lowest BCUT2D eigenvalue weighted by atomic mass is 9.93. The Bertz CT molecular complexity index is 494. The van der Waals surface area contributed by atoms with E-state index in [0.29, 0.717) is 12.1 Å². The van der Waals surface area contributed by atoms with Gasteiger partial charge in [0.2, 0.25) is 0 Å². The first-order chi connectivity index (χ1) is 11.3. The predicted molar refractivity (Wildman–Crippen MR) is 94.1 cm³/mol. The van der Waals surface area contributed by atoms with E-state index < -0.39 is 0 Å². The van der Waals surface area contributed by atoms with Crippen LogP contribution in [0.25, 0.3) is 0 Å². The van der Waals surface area contributed by atoms with Crippen molar-refractivity contribution in [2.24, 2.45) is 0 Å². The second-order valence-electron chi connectivity index (χ2n) is 6.83. The Hall–Kier alpha value is -1.36. The Balaban J connectivity index is 1.70. The normalized spacial score (nSPS) is 24.9. The molecule has 5 heteroatoms. The van der Waals surface area contributed by atoms with E-state index >= 15 is 0 Å². The van der Waals surface area contributed by atoms with Crippen molar-refractivity contribution in [3.8, 4) is 0 Å². The van der Waals surface area contributed by atoms with Gasteiger partial charge in [-0.15, -0.1) is 0 Å². The number of hydrogen-bond acceptors (Lipinski definition) is 5. The molecule has 2 aliphatic rings. The molecule has 128 valence electrons. The molecule has 0 unspecified atom stereocenters. The Kier molecular flexibility index (Phi) is 5.70. The van der Waals surface area contributed by atoms with Crippen LogP contribution in [0.3, 0.4) is 0 Å². The summed E-state index contributed by atoms with van der Waals surface area (Å²) in [6.45, 7) is 4.44. The third-order valence-electron chi connectivity index (χ3n) is 5.02. The van der Waals surface area contributed by atoms with Gasteiger partial charge in [-0.05, 0) is 44.9 Å². The number of methoxy groups -OCH3 is 1. The number of nitrogens with zero attached hydrogens (tertiary/aromatic N) is 3. The van der Waals surface area contributed by atoms with Crippen molar-refractivity contribution in [2.75, 3.05) is 30.4 Å². The summed E-state index contributed by atoms with van der Waals surface area (Å²) in [6.07, 6.45) is 9.62. The van der Waals surface area contributed by atoms with Gasteiger partial charge in [-0.2, -0.15) is 0 Å². The van der Waals surface area contributed by atoms with Crippen LogP contribution >= 0.6 is 0 Å². The monoisotopic (exact) mass is 318 g/mol. The lowest BCUT2D eigenvalue weighted by Gasteiger charge is -2.29. The van der Waals surface area contributed by atoms with E-state index in [0.717, 1.165) is 69.1 Å². The minimum atomic E-state index is 0.439. The summed E-state index contributed by atoms with van der Waals surface area (Å²) >= 11 is 0. The van der Waals surface area contributed by atoms with Gasteiger partial charge in [0.25, 0.3) is 0 Å². The van der Waals surface area contributed by atoms with E-state index in [1.807, 2.05) is 7.11 Å². The number of aromatic nitrogens is 2. The van der Waals surface area contributed by atoms with E-state index in [2.05, 4.69) is 23.2 Å². The molecule has 2 fully saturated rings. The number of aryl methyl sites for hydroxylation is 1. The molecule has 1 saturated carbocycles. The summed E-state index contributed by atoms with van der Waals surface area (Å²) in [7, 11) is 1.82. The second kappa shape index (κ2) is 7.95. The number of anilines is 2. The fourth-order valence-electron chi connectivity index (χ4n) is 3.65. The third kappa shape index (κ3) is 4.34. The zero-order valence-electron chi connectivity index (χ0n) is 14.6. The molecular formula is C18H30N4O. The van der Waals surface area contributed by atoms with Crippen LogP contribution in [0.2, 0.25) is 0 Å². The van der Waals surface area contributed by atoms with E-state index in [4.69, 9.17) is 14.7 Å². The van der Waals surface area contributed by atoms with Crippen LogP contribution in [0, 0.1) is 0 Å². The molecule has 1 N–H and O–H groups in total. The van der Waals surface area contributed by atoms with Gasteiger partial charge in [0.15, 0.2) is 0 Å². The van der Waals surface area contributed by atoms with Crippen molar-refractivity contribution < 1.29 is 4.74 Å². The average molecular weight is 318 g/mol. The molecule has 23 heavy (non-hydrogen) atoms. The van der Waals surface area contributed by atoms with Crippen molar-refractivity contribution in [3.05, 3.63) is 11.9 Å². The Morgan fingerprint density at radius 3 is 2.57 bits per heavy atom. The molecule has 0 amide bonds. The predicted octanol–water partition coefficient (Wildman–Crippen LogP) is 3.40. The highest BCUT2D eigenvalue weighted by molar-refractivity contribution is 5.50. The number of hydrogen-bond donors (Lipinski definition) is 1. The van der Waals surface area contributed by atoms with Crippen LogP contribution < -0.4 is 10.2 Å². The molecule has 1 aromatic heterocycles. The maximum absolute atomic E-state index is 5.47. The molecule has 5 nitrogen and oxygen atoms in total. The molecule has 0 atom stereocenters. The molecule has 1 aromatic rings. The van der Waals surface area contributed by atoms with E-state index in [9.17, 15) is 0 Å². The number of nitrogens with one attached hydrogen (secondary N) is 1. The van der Waals surface area contributed by atoms with Gasteiger partial charge < -0.3 is 15.0 Å². The molecule has 1 aliphatic heterocycles. The quantitative estimate of drug-likeness (QED) is 0.871. The topological polar surface area (TPSA) is 50.3 Å². The van der Waals surface area contributed by atoms with E-state index in [-0.39, 0.29) is 0 Å². The summed E-state index contributed by atoms with van der Waals surface area (Å²) in [4.78, 5) is 11.9.